The number of anilines is 2. The second-order valence-corrected chi connectivity index (χ2v) is 7.97. The maximum absolute atomic E-state index is 13.3. The molecule has 0 aliphatic carbocycles. The van der Waals surface area contributed by atoms with Gasteiger partial charge in [0.05, 0.1) is 41.2 Å². The predicted octanol–water partition coefficient (Wildman–Crippen LogP) is 3.49. The van der Waals surface area contributed by atoms with Gasteiger partial charge in [0.15, 0.2) is 6.10 Å². The van der Waals surface area contributed by atoms with Gasteiger partial charge in [0.1, 0.15) is 5.52 Å². The third-order valence-electron chi connectivity index (χ3n) is 5.64. The van der Waals surface area contributed by atoms with Gasteiger partial charge in [-0.1, -0.05) is 5.21 Å². The lowest BCUT2D eigenvalue weighted by molar-refractivity contribution is -0.137. The van der Waals surface area contributed by atoms with Crippen molar-refractivity contribution in [1.82, 2.24) is 15.0 Å². The zero-order valence-corrected chi connectivity index (χ0v) is 19.1. The number of aryl methyl sites for hydroxylation is 1. The Kier molecular flexibility index (Phi) is 6.92. The number of nitrogens with one attached hydrogen (secondary N) is 1. The predicted molar refractivity (Wildman–Crippen MR) is 121 cm³/mol. The minimum Gasteiger partial charge on any atom is -0.449 e. The highest BCUT2D eigenvalue weighted by Crippen LogP contribution is 2.36. The summed E-state index contributed by atoms with van der Waals surface area (Å²) in [5.74, 6) is -1.52. The van der Waals surface area contributed by atoms with E-state index in [4.69, 9.17) is 9.47 Å². The van der Waals surface area contributed by atoms with Gasteiger partial charge in [-0.2, -0.15) is 13.2 Å². The van der Waals surface area contributed by atoms with Crippen LogP contribution in [0.1, 0.15) is 29.8 Å². The summed E-state index contributed by atoms with van der Waals surface area (Å²) in [5, 5.41) is 10.5. The molecule has 0 saturated carbocycles. The number of hydrogen-bond donors (Lipinski definition) is 1. The number of carbonyl (C=O) groups is 2. The Hall–Kier alpha value is -3.67. The fourth-order valence-corrected chi connectivity index (χ4v) is 3.74. The van der Waals surface area contributed by atoms with Gasteiger partial charge in [0, 0.05) is 19.6 Å². The lowest BCUT2D eigenvalue weighted by Gasteiger charge is -2.31. The van der Waals surface area contributed by atoms with Crippen LogP contribution in [0.5, 0.6) is 0 Å². The van der Waals surface area contributed by atoms with Crippen molar-refractivity contribution in [1.29, 1.82) is 0 Å². The molecule has 35 heavy (non-hydrogen) atoms. The summed E-state index contributed by atoms with van der Waals surface area (Å²) in [7, 11) is 0. The van der Waals surface area contributed by atoms with Crippen molar-refractivity contribution in [3.05, 3.63) is 47.5 Å². The van der Waals surface area contributed by atoms with Gasteiger partial charge in [0.25, 0.3) is 5.91 Å². The molecule has 0 radical (unpaired) electrons. The van der Waals surface area contributed by atoms with Gasteiger partial charge in [-0.3, -0.25) is 4.79 Å². The number of rotatable bonds is 6. The summed E-state index contributed by atoms with van der Waals surface area (Å²) in [6.45, 7) is 5.62. The SMILES string of the molecule is CCn1nnc2cc(C(=O)O[C@@H](C)C(=O)Nc3cc(C(F)(F)F)ccc3N3CCOCC3)ccc21. The number of esters is 1. The van der Waals surface area contributed by atoms with Crippen LogP contribution in [0.15, 0.2) is 36.4 Å². The number of morpholine rings is 1. The van der Waals surface area contributed by atoms with Gasteiger partial charge in [-0.05, 0) is 50.2 Å². The maximum Gasteiger partial charge on any atom is 0.416 e. The number of fused-ring (bicyclic) bond motifs is 1. The van der Waals surface area contributed by atoms with Gasteiger partial charge >= 0.3 is 12.1 Å². The van der Waals surface area contributed by atoms with Crippen LogP contribution in [0.25, 0.3) is 11.0 Å². The maximum atomic E-state index is 13.3. The standard InChI is InChI=1S/C23H24F3N5O4/c1-3-31-20-6-4-15(12-18(20)28-29-31)22(33)35-14(2)21(32)27-17-13-16(23(24,25)26)5-7-19(17)30-8-10-34-11-9-30/h4-7,12-14H,3,8-11H2,1-2H3,(H,27,32)/t14-/m0/s1. The van der Waals surface area contributed by atoms with E-state index in [-0.39, 0.29) is 11.3 Å². The zero-order chi connectivity index (χ0) is 25.2. The van der Waals surface area contributed by atoms with Crippen LogP contribution in [0, 0.1) is 0 Å². The normalized spacial score (nSPS) is 15.2. The van der Waals surface area contributed by atoms with Crippen LogP contribution >= 0.6 is 0 Å². The molecule has 1 aliphatic rings. The molecule has 2 heterocycles. The number of ether oxygens (including phenoxy) is 2. The highest BCUT2D eigenvalue weighted by molar-refractivity contribution is 6.00. The first-order valence-corrected chi connectivity index (χ1v) is 11.1. The number of halogens is 3. The van der Waals surface area contributed by atoms with E-state index in [1.807, 2.05) is 11.8 Å². The van der Waals surface area contributed by atoms with Crippen molar-refractivity contribution in [3.63, 3.8) is 0 Å². The molecule has 3 aromatic rings. The summed E-state index contributed by atoms with van der Waals surface area (Å²) in [5.41, 5.74) is 0.925. The van der Waals surface area contributed by atoms with E-state index in [2.05, 4.69) is 15.6 Å². The van der Waals surface area contributed by atoms with Crippen molar-refractivity contribution in [3.8, 4) is 0 Å². The molecule has 0 bridgehead atoms. The van der Waals surface area contributed by atoms with Gasteiger partial charge in [-0.15, -0.1) is 5.10 Å². The third-order valence-corrected chi connectivity index (χ3v) is 5.64. The fraction of sp³-hybridized carbons (Fsp3) is 0.391. The Morgan fingerprint density at radius 3 is 2.60 bits per heavy atom. The molecule has 1 aromatic heterocycles. The van der Waals surface area contributed by atoms with Crippen molar-refractivity contribution >= 4 is 34.3 Å². The lowest BCUT2D eigenvalue weighted by Crippen LogP contribution is -2.37. The first kappa shape index (κ1) is 24.5. The first-order valence-electron chi connectivity index (χ1n) is 11.1. The number of nitrogens with zero attached hydrogens (tertiary/aromatic N) is 4. The molecule has 1 fully saturated rings. The Bertz CT molecular complexity index is 1240. The van der Waals surface area contributed by atoms with Crippen molar-refractivity contribution in [2.45, 2.75) is 32.7 Å². The van der Waals surface area contributed by atoms with E-state index >= 15 is 0 Å². The van der Waals surface area contributed by atoms with Crippen LogP contribution in [-0.4, -0.2) is 59.3 Å². The van der Waals surface area contributed by atoms with Crippen molar-refractivity contribution in [2.24, 2.45) is 0 Å². The van der Waals surface area contributed by atoms with Crippen LogP contribution in [0.4, 0.5) is 24.5 Å². The molecule has 0 unspecified atom stereocenters. The Balaban J connectivity index is 1.50. The average molecular weight is 491 g/mol. The highest BCUT2D eigenvalue weighted by Gasteiger charge is 2.32. The smallest absolute Gasteiger partial charge is 0.416 e. The summed E-state index contributed by atoms with van der Waals surface area (Å²) in [4.78, 5) is 27.2. The molecule has 0 spiro atoms. The van der Waals surface area contributed by atoms with E-state index in [1.54, 1.807) is 10.7 Å². The van der Waals surface area contributed by atoms with Crippen molar-refractivity contribution in [2.75, 3.05) is 36.5 Å². The quantitative estimate of drug-likeness (QED) is 0.527. The molecule has 12 heteroatoms. The molecule has 1 atom stereocenters. The molecular weight excluding hydrogens is 467 g/mol. The third kappa shape index (κ3) is 5.37. The van der Waals surface area contributed by atoms with Crippen LogP contribution in [-0.2, 0) is 27.0 Å². The van der Waals surface area contributed by atoms with Crippen LogP contribution in [0.3, 0.4) is 0 Å². The van der Waals surface area contributed by atoms with E-state index < -0.39 is 29.7 Å². The molecule has 2 aromatic carbocycles. The number of hydrogen-bond acceptors (Lipinski definition) is 7. The number of aromatic nitrogens is 3. The van der Waals surface area contributed by atoms with Crippen LogP contribution in [0.2, 0.25) is 0 Å². The molecular formula is C23H24F3N5O4. The first-order chi connectivity index (χ1) is 16.7. The second-order valence-electron chi connectivity index (χ2n) is 7.97. The summed E-state index contributed by atoms with van der Waals surface area (Å²) in [6.07, 6.45) is -5.85. The van der Waals surface area contributed by atoms with E-state index in [9.17, 15) is 22.8 Å². The average Bonchev–Trinajstić information content (AvgIpc) is 3.26. The van der Waals surface area contributed by atoms with Crippen LogP contribution < -0.4 is 10.2 Å². The molecule has 186 valence electrons. The Labute approximate surface area is 198 Å². The number of carbonyl (C=O) groups excluding carboxylic acids is 2. The molecule has 1 aliphatic heterocycles. The van der Waals surface area contributed by atoms with Gasteiger partial charge < -0.3 is 19.7 Å². The lowest BCUT2D eigenvalue weighted by atomic mass is 10.1. The number of amides is 1. The van der Waals surface area contributed by atoms with Crippen molar-refractivity contribution < 1.29 is 32.2 Å². The minimum absolute atomic E-state index is 0.0211. The van der Waals surface area contributed by atoms with E-state index in [0.717, 1.165) is 17.6 Å². The van der Waals surface area contributed by atoms with E-state index in [1.165, 1.54) is 25.1 Å². The Morgan fingerprint density at radius 2 is 1.91 bits per heavy atom. The second kappa shape index (κ2) is 9.90. The van der Waals surface area contributed by atoms with Gasteiger partial charge in [-0.25, -0.2) is 9.48 Å². The molecule has 1 N–H and O–H groups in total. The highest BCUT2D eigenvalue weighted by atomic mass is 19.4. The summed E-state index contributed by atoms with van der Waals surface area (Å²) >= 11 is 0. The Morgan fingerprint density at radius 1 is 1.17 bits per heavy atom. The molecule has 9 nitrogen and oxygen atoms in total. The fourth-order valence-electron chi connectivity index (χ4n) is 3.74. The molecule has 1 amide bonds. The summed E-state index contributed by atoms with van der Waals surface area (Å²) in [6, 6.07) is 7.88. The zero-order valence-electron chi connectivity index (χ0n) is 19.1. The minimum atomic E-state index is -4.58. The monoisotopic (exact) mass is 491 g/mol. The largest absolute Gasteiger partial charge is 0.449 e. The topological polar surface area (TPSA) is 98.6 Å². The molecule has 4 rings (SSSR count). The number of alkyl halides is 3. The van der Waals surface area contributed by atoms with Gasteiger partial charge in [0.2, 0.25) is 0 Å². The van der Waals surface area contributed by atoms with E-state index in [0.29, 0.717) is 44.1 Å². The molecule has 1 saturated heterocycles. The number of benzene rings is 2. The summed E-state index contributed by atoms with van der Waals surface area (Å²) < 4.78 is 52.2.